The van der Waals surface area contributed by atoms with Gasteiger partial charge < -0.3 is 5.11 Å². The SMILES string of the molecule is CCCCC(NS(=O)(=O)c1cc(Cl)ccc1C)C(=O)O. The molecule has 5 nitrogen and oxygen atoms in total. The van der Waals surface area contributed by atoms with E-state index in [0.29, 0.717) is 12.0 Å². The highest BCUT2D eigenvalue weighted by Gasteiger charge is 2.26. The molecule has 0 saturated heterocycles. The Morgan fingerprint density at radius 2 is 2.10 bits per heavy atom. The Balaban J connectivity index is 3.03. The van der Waals surface area contributed by atoms with E-state index in [9.17, 15) is 13.2 Å². The van der Waals surface area contributed by atoms with E-state index in [1.807, 2.05) is 6.92 Å². The lowest BCUT2D eigenvalue weighted by Crippen LogP contribution is -2.40. The van der Waals surface area contributed by atoms with Crippen LogP contribution in [0, 0.1) is 6.92 Å². The minimum atomic E-state index is -3.90. The van der Waals surface area contributed by atoms with E-state index < -0.39 is 22.0 Å². The third kappa shape index (κ3) is 4.47. The Kier molecular flexibility index (Phi) is 5.98. The van der Waals surface area contributed by atoms with Crippen LogP contribution in [0.3, 0.4) is 0 Å². The fourth-order valence-corrected chi connectivity index (χ4v) is 3.49. The van der Waals surface area contributed by atoms with Crippen molar-refractivity contribution in [2.24, 2.45) is 0 Å². The molecule has 0 amide bonds. The maximum atomic E-state index is 12.3. The molecule has 0 spiro atoms. The van der Waals surface area contributed by atoms with Gasteiger partial charge in [0.2, 0.25) is 10.0 Å². The number of nitrogens with one attached hydrogen (secondary N) is 1. The van der Waals surface area contributed by atoms with Crippen molar-refractivity contribution in [3.63, 3.8) is 0 Å². The summed E-state index contributed by atoms with van der Waals surface area (Å²) in [5, 5.41) is 9.37. The molecule has 0 heterocycles. The average molecular weight is 320 g/mol. The summed E-state index contributed by atoms with van der Waals surface area (Å²) >= 11 is 5.80. The molecule has 7 heteroatoms. The molecule has 0 aliphatic carbocycles. The fourth-order valence-electron chi connectivity index (χ4n) is 1.76. The van der Waals surface area contributed by atoms with Gasteiger partial charge in [-0.05, 0) is 31.0 Å². The molecule has 0 bridgehead atoms. The molecule has 2 N–H and O–H groups in total. The van der Waals surface area contributed by atoms with Crippen LogP contribution in [0.2, 0.25) is 5.02 Å². The van der Waals surface area contributed by atoms with Crippen LogP contribution in [-0.4, -0.2) is 25.5 Å². The van der Waals surface area contributed by atoms with E-state index in [1.165, 1.54) is 6.07 Å². The third-order valence-electron chi connectivity index (χ3n) is 2.88. The predicted octanol–water partition coefficient (Wildman–Crippen LogP) is 2.57. The number of benzene rings is 1. The minimum Gasteiger partial charge on any atom is -0.480 e. The van der Waals surface area contributed by atoms with Crippen LogP contribution in [0.5, 0.6) is 0 Å². The Bertz CT molecular complexity index is 586. The molecule has 1 aromatic carbocycles. The number of hydrogen-bond donors (Lipinski definition) is 2. The average Bonchev–Trinajstić information content (AvgIpc) is 2.36. The lowest BCUT2D eigenvalue weighted by atomic mass is 10.1. The number of rotatable bonds is 7. The molecular weight excluding hydrogens is 302 g/mol. The van der Waals surface area contributed by atoms with Crippen LogP contribution in [0.25, 0.3) is 0 Å². The smallest absolute Gasteiger partial charge is 0.321 e. The zero-order valence-corrected chi connectivity index (χ0v) is 13.0. The van der Waals surface area contributed by atoms with E-state index in [0.717, 1.165) is 6.42 Å². The molecule has 0 aliphatic rings. The summed E-state index contributed by atoms with van der Waals surface area (Å²) in [6, 6.07) is 3.36. The van der Waals surface area contributed by atoms with Crippen LogP contribution in [-0.2, 0) is 14.8 Å². The molecule has 20 heavy (non-hydrogen) atoms. The van der Waals surface area contributed by atoms with Crippen molar-refractivity contribution in [2.45, 2.75) is 44.0 Å². The monoisotopic (exact) mass is 319 g/mol. The first-order valence-electron chi connectivity index (χ1n) is 6.29. The first-order valence-corrected chi connectivity index (χ1v) is 8.15. The summed E-state index contributed by atoms with van der Waals surface area (Å²) in [5.41, 5.74) is 0.515. The van der Waals surface area contributed by atoms with Crippen LogP contribution in [0.15, 0.2) is 23.1 Å². The number of aliphatic carboxylic acids is 1. The van der Waals surface area contributed by atoms with Crippen LogP contribution in [0.4, 0.5) is 0 Å². The number of aryl methyl sites for hydroxylation is 1. The molecular formula is C13H18ClNO4S. The fraction of sp³-hybridized carbons (Fsp3) is 0.462. The molecule has 0 fully saturated rings. The molecule has 0 saturated carbocycles. The second-order valence-corrected chi connectivity index (χ2v) is 6.68. The Morgan fingerprint density at radius 1 is 1.45 bits per heavy atom. The molecule has 1 rings (SSSR count). The van der Waals surface area contributed by atoms with Gasteiger partial charge >= 0.3 is 5.97 Å². The summed E-state index contributed by atoms with van der Waals surface area (Å²) in [6.45, 7) is 3.54. The zero-order valence-electron chi connectivity index (χ0n) is 11.4. The largest absolute Gasteiger partial charge is 0.480 e. The molecule has 0 aliphatic heterocycles. The summed E-state index contributed by atoms with van der Waals surface area (Å²) < 4.78 is 26.7. The number of carboxylic acids is 1. The standard InChI is InChI=1S/C13H18ClNO4S/c1-3-4-5-11(13(16)17)15-20(18,19)12-8-10(14)7-6-9(12)2/h6-8,11,15H,3-5H2,1-2H3,(H,16,17). The lowest BCUT2D eigenvalue weighted by molar-refractivity contribution is -0.139. The molecule has 1 aromatic rings. The minimum absolute atomic E-state index is 0.00717. The zero-order chi connectivity index (χ0) is 15.3. The normalized spacial score (nSPS) is 13.2. The van der Waals surface area contributed by atoms with Gasteiger partial charge in [-0.15, -0.1) is 0 Å². The highest BCUT2D eigenvalue weighted by molar-refractivity contribution is 7.89. The van der Waals surface area contributed by atoms with Gasteiger partial charge in [0.15, 0.2) is 0 Å². The number of carbonyl (C=O) groups is 1. The van der Waals surface area contributed by atoms with Crippen molar-refractivity contribution < 1.29 is 18.3 Å². The molecule has 1 unspecified atom stereocenters. The number of unbranched alkanes of at least 4 members (excludes halogenated alkanes) is 1. The number of hydrogen-bond acceptors (Lipinski definition) is 3. The first-order chi connectivity index (χ1) is 9.27. The third-order valence-corrected chi connectivity index (χ3v) is 4.73. The lowest BCUT2D eigenvalue weighted by Gasteiger charge is -2.15. The van der Waals surface area contributed by atoms with Gasteiger partial charge in [0.05, 0.1) is 4.90 Å². The van der Waals surface area contributed by atoms with Crippen LogP contribution >= 0.6 is 11.6 Å². The van der Waals surface area contributed by atoms with Crippen molar-refractivity contribution in [1.29, 1.82) is 0 Å². The van der Waals surface area contributed by atoms with Gasteiger partial charge in [-0.1, -0.05) is 37.4 Å². The van der Waals surface area contributed by atoms with Crippen LogP contribution in [0.1, 0.15) is 31.7 Å². The number of sulfonamides is 1. The van der Waals surface area contributed by atoms with E-state index in [2.05, 4.69) is 4.72 Å². The molecule has 1 atom stereocenters. The van der Waals surface area contributed by atoms with Crippen molar-refractivity contribution in [2.75, 3.05) is 0 Å². The second kappa shape index (κ2) is 7.06. The topological polar surface area (TPSA) is 83.5 Å². The van der Waals surface area contributed by atoms with Gasteiger partial charge in [-0.3, -0.25) is 4.79 Å². The van der Waals surface area contributed by atoms with Crippen molar-refractivity contribution in [1.82, 2.24) is 4.72 Å². The highest BCUT2D eigenvalue weighted by Crippen LogP contribution is 2.20. The maximum Gasteiger partial charge on any atom is 0.321 e. The van der Waals surface area contributed by atoms with Gasteiger partial charge in [-0.25, -0.2) is 8.42 Å². The Hall–Kier alpha value is -1.11. The Labute approximate surface area is 124 Å². The molecule has 0 radical (unpaired) electrons. The number of carboxylic acid groups (broad SMARTS) is 1. The molecule has 0 aromatic heterocycles. The van der Waals surface area contributed by atoms with Gasteiger partial charge in [0.1, 0.15) is 6.04 Å². The number of halogens is 1. The van der Waals surface area contributed by atoms with E-state index in [-0.39, 0.29) is 16.3 Å². The summed E-state index contributed by atoms with van der Waals surface area (Å²) in [5.74, 6) is -1.18. The van der Waals surface area contributed by atoms with Crippen LogP contribution < -0.4 is 4.72 Å². The second-order valence-electron chi connectivity index (χ2n) is 4.56. The first kappa shape index (κ1) is 16.9. The summed E-state index contributed by atoms with van der Waals surface area (Å²) in [4.78, 5) is 11.1. The highest BCUT2D eigenvalue weighted by atomic mass is 35.5. The quantitative estimate of drug-likeness (QED) is 0.809. The van der Waals surface area contributed by atoms with E-state index in [4.69, 9.17) is 16.7 Å². The van der Waals surface area contributed by atoms with Gasteiger partial charge in [-0.2, -0.15) is 4.72 Å². The Morgan fingerprint density at radius 3 is 2.65 bits per heavy atom. The summed E-state index contributed by atoms with van der Waals surface area (Å²) in [6.07, 6.45) is 1.68. The van der Waals surface area contributed by atoms with Crippen molar-refractivity contribution >= 4 is 27.6 Å². The summed E-state index contributed by atoms with van der Waals surface area (Å²) in [7, 11) is -3.90. The van der Waals surface area contributed by atoms with E-state index >= 15 is 0 Å². The predicted molar refractivity (Wildman–Crippen MR) is 77.5 cm³/mol. The van der Waals surface area contributed by atoms with E-state index in [1.54, 1.807) is 19.1 Å². The van der Waals surface area contributed by atoms with Crippen molar-refractivity contribution in [3.05, 3.63) is 28.8 Å². The van der Waals surface area contributed by atoms with Gasteiger partial charge in [0.25, 0.3) is 0 Å². The maximum absolute atomic E-state index is 12.3. The molecule has 112 valence electrons. The van der Waals surface area contributed by atoms with Gasteiger partial charge in [0, 0.05) is 5.02 Å². The van der Waals surface area contributed by atoms with Crippen molar-refractivity contribution in [3.8, 4) is 0 Å².